The van der Waals surface area contributed by atoms with Crippen LogP contribution in [-0.2, 0) is 0 Å². The van der Waals surface area contributed by atoms with Crippen molar-refractivity contribution in [3.8, 4) is 55.8 Å². The second kappa shape index (κ2) is 10.7. The van der Waals surface area contributed by atoms with Gasteiger partial charge in [0.25, 0.3) is 0 Å². The van der Waals surface area contributed by atoms with E-state index in [4.69, 9.17) is 9.97 Å². The molecule has 236 valence electrons. The first-order valence-corrected chi connectivity index (χ1v) is 17.4. The summed E-state index contributed by atoms with van der Waals surface area (Å²) in [4.78, 5) is 10.2. The molecule has 0 spiro atoms. The summed E-state index contributed by atoms with van der Waals surface area (Å²) >= 11 is 0. The molecule has 2 aromatic heterocycles. The van der Waals surface area contributed by atoms with Crippen LogP contribution in [0.25, 0.3) is 99.1 Å². The Morgan fingerprint density at radius 2 is 0.940 bits per heavy atom. The molecule has 10 rings (SSSR count). The maximum absolute atomic E-state index is 5.36. The Hall–Kier alpha value is -6.12. The van der Waals surface area contributed by atoms with Crippen LogP contribution in [0.3, 0.4) is 0 Å². The molecule has 50 heavy (non-hydrogen) atoms. The Labute approximate surface area is 291 Å². The average Bonchev–Trinajstić information content (AvgIpc) is 3.49. The minimum atomic E-state index is 0.970. The van der Waals surface area contributed by atoms with Crippen molar-refractivity contribution in [1.29, 1.82) is 0 Å². The molecule has 0 radical (unpaired) electrons. The maximum atomic E-state index is 5.36. The van der Waals surface area contributed by atoms with Crippen LogP contribution in [-0.4, -0.2) is 9.97 Å². The number of aromatic nitrogens is 2. The standard InChI is InChI=1S/C48H34N2/c1-27-26-49-47-33(28(27)2)19-20-34-29(3)30(4)46(50-48(34)47)32-12-9-11-31(25-32)35-21-22-40(37-14-6-5-13-36(35)37)41-23-24-44-39-16-8-7-15-38(39)42-17-10-18-43(41)45(42)44/h5-26H,1-4H3. The molecule has 7 aromatic carbocycles. The molecule has 0 amide bonds. The summed E-state index contributed by atoms with van der Waals surface area (Å²) in [6.45, 7) is 8.71. The van der Waals surface area contributed by atoms with Crippen molar-refractivity contribution in [1.82, 2.24) is 9.97 Å². The van der Waals surface area contributed by atoms with Gasteiger partial charge < -0.3 is 0 Å². The van der Waals surface area contributed by atoms with E-state index >= 15 is 0 Å². The van der Waals surface area contributed by atoms with E-state index < -0.39 is 0 Å². The summed E-state index contributed by atoms with van der Waals surface area (Å²) in [7, 11) is 0. The van der Waals surface area contributed by atoms with Crippen molar-refractivity contribution >= 4 is 43.4 Å². The summed E-state index contributed by atoms with van der Waals surface area (Å²) in [5.41, 5.74) is 19.2. The van der Waals surface area contributed by atoms with Crippen molar-refractivity contribution in [2.24, 2.45) is 0 Å². The quantitative estimate of drug-likeness (QED) is 0.180. The minimum absolute atomic E-state index is 0.970. The Morgan fingerprint density at radius 1 is 0.380 bits per heavy atom. The predicted octanol–water partition coefficient (Wildman–Crippen LogP) is 13.0. The molecule has 2 heterocycles. The van der Waals surface area contributed by atoms with Crippen molar-refractivity contribution in [3.63, 3.8) is 0 Å². The molecule has 1 aliphatic rings. The molecule has 1 aliphatic carbocycles. The molecule has 0 fully saturated rings. The average molecular weight is 639 g/mol. The number of nitrogens with zero attached hydrogens (tertiary/aromatic N) is 2. The third-order valence-electron chi connectivity index (χ3n) is 11.3. The SMILES string of the molecule is Cc1cnc2c(ccc3c(C)c(C)c(-c4cccc(-c5ccc(-c6ccc7c8c(cccc68)-c6ccccc6-7)c6ccccc56)c4)nc32)c1C. The van der Waals surface area contributed by atoms with Crippen LogP contribution >= 0.6 is 0 Å². The second-order valence-corrected chi connectivity index (χ2v) is 13.9. The molecule has 0 atom stereocenters. The molecule has 2 heteroatoms. The minimum Gasteiger partial charge on any atom is -0.254 e. The lowest BCUT2D eigenvalue weighted by Crippen LogP contribution is -1.98. The Kier molecular flexibility index (Phi) is 6.17. The fourth-order valence-corrected chi connectivity index (χ4v) is 8.42. The van der Waals surface area contributed by atoms with E-state index in [9.17, 15) is 0 Å². The molecule has 0 saturated heterocycles. The van der Waals surface area contributed by atoms with Crippen molar-refractivity contribution in [2.45, 2.75) is 27.7 Å². The zero-order valence-corrected chi connectivity index (χ0v) is 28.6. The Balaban J connectivity index is 1.14. The number of pyridine rings is 2. The molecule has 0 N–H and O–H groups in total. The van der Waals surface area contributed by atoms with E-state index in [1.165, 1.54) is 99.1 Å². The van der Waals surface area contributed by atoms with E-state index in [1.807, 2.05) is 6.20 Å². The lowest BCUT2D eigenvalue weighted by Gasteiger charge is -2.16. The number of hydrogen-bond donors (Lipinski definition) is 0. The van der Waals surface area contributed by atoms with Crippen LogP contribution in [0.15, 0.2) is 134 Å². The highest BCUT2D eigenvalue weighted by Crippen LogP contribution is 2.50. The van der Waals surface area contributed by atoms with Crippen LogP contribution in [0, 0.1) is 27.7 Å². The molecule has 0 unspecified atom stereocenters. The van der Waals surface area contributed by atoms with Gasteiger partial charge in [0.1, 0.15) is 0 Å². The van der Waals surface area contributed by atoms with Gasteiger partial charge in [-0.3, -0.25) is 4.98 Å². The second-order valence-electron chi connectivity index (χ2n) is 13.9. The highest BCUT2D eigenvalue weighted by Gasteiger charge is 2.23. The number of benzene rings is 7. The highest BCUT2D eigenvalue weighted by atomic mass is 14.8. The lowest BCUT2D eigenvalue weighted by molar-refractivity contribution is 1.25. The molecule has 9 aromatic rings. The first-order chi connectivity index (χ1) is 24.5. The van der Waals surface area contributed by atoms with E-state index in [0.29, 0.717) is 0 Å². The van der Waals surface area contributed by atoms with Crippen LogP contribution in [0.5, 0.6) is 0 Å². The van der Waals surface area contributed by atoms with Crippen LogP contribution in [0.2, 0.25) is 0 Å². The monoisotopic (exact) mass is 638 g/mol. The van der Waals surface area contributed by atoms with Gasteiger partial charge in [0.15, 0.2) is 0 Å². The van der Waals surface area contributed by atoms with Crippen molar-refractivity contribution in [3.05, 3.63) is 156 Å². The van der Waals surface area contributed by atoms with Gasteiger partial charge in [0.05, 0.1) is 16.7 Å². The van der Waals surface area contributed by atoms with Gasteiger partial charge in [0.2, 0.25) is 0 Å². The van der Waals surface area contributed by atoms with Crippen LogP contribution in [0.4, 0.5) is 0 Å². The molecule has 0 bridgehead atoms. The zero-order chi connectivity index (χ0) is 33.7. The van der Waals surface area contributed by atoms with E-state index in [0.717, 1.165) is 22.3 Å². The summed E-state index contributed by atoms with van der Waals surface area (Å²) < 4.78 is 0. The van der Waals surface area contributed by atoms with Gasteiger partial charge in [-0.1, -0.05) is 121 Å². The molecular weight excluding hydrogens is 605 g/mol. The summed E-state index contributed by atoms with van der Waals surface area (Å²) in [6, 6.07) is 47.0. The summed E-state index contributed by atoms with van der Waals surface area (Å²) in [6.07, 6.45) is 1.98. The summed E-state index contributed by atoms with van der Waals surface area (Å²) in [5, 5.41) is 7.49. The lowest BCUT2D eigenvalue weighted by atomic mass is 9.88. The third-order valence-corrected chi connectivity index (χ3v) is 11.3. The fraction of sp³-hybridized carbons (Fsp3) is 0.0833. The zero-order valence-electron chi connectivity index (χ0n) is 28.6. The van der Waals surface area contributed by atoms with Gasteiger partial charge in [-0.05, 0) is 122 Å². The largest absolute Gasteiger partial charge is 0.254 e. The van der Waals surface area contributed by atoms with Crippen LogP contribution in [0.1, 0.15) is 22.3 Å². The normalized spacial score (nSPS) is 12.0. The molecule has 2 nitrogen and oxygen atoms in total. The molecular formula is C48H34N2. The van der Waals surface area contributed by atoms with E-state index in [2.05, 4.69) is 155 Å². The predicted molar refractivity (Wildman–Crippen MR) is 212 cm³/mol. The van der Waals surface area contributed by atoms with Crippen LogP contribution < -0.4 is 0 Å². The van der Waals surface area contributed by atoms with E-state index in [-0.39, 0.29) is 0 Å². The van der Waals surface area contributed by atoms with Gasteiger partial charge in [-0.15, -0.1) is 0 Å². The highest BCUT2D eigenvalue weighted by molar-refractivity contribution is 6.20. The first kappa shape index (κ1) is 28.9. The topological polar surface area (TPSA) is 25.8 Å². The third kappa shape index (κ3) is 4.02. The fourth-order valence-electron chi connectivity index (χ4n) is 8.42. The number of hydrogen-bond acceptors (Lipinski definition) is 2. The Morgan fingerprint density at radius 3 is 1.72 bits per heavy atom. The number of rotatable bonds is 3. The van der Waals surface area contributed by atoms with Crippen molar-refractivity contribution < 1.29 is 0 Å². The number of fused-ring (bicyclic) bond motifs is 7. The van der Waals surface area contributed by atoms with Gasteiger partial charge in [-0.25, -0.2) is 4.98 Å². The maximum Gasteiger partial charge on any atom is 0.0975 e. The summed E-state index contributed by atoms with van der Waals surface area (Å²) in [5.74, 6) is 0. The van der Waals surface area contributed by atoms with Gasteiger partial charge in [-0.2, -0.15) is 0 Å². The van der Waals surface area contributed by atoms with E-state index in [1.54, 1.807) is 0 Å². The Bertz CT molecular complexity index is 2880. The smallest absolute Gasteiger partial charge is 0.0975 e. The molecule has 0 saturated carbocycles. The first-order valence-electron chi connectivity index (χ1n) is 17.4. The van der Waals surface area contributed by atoms with Crippen molar-refractivity contribution in [2.75, 3.05) is 0 Å². The van der Waals surface area contributed by atoms with Gasteiger partial charge >= 0.3 is 0 Å². The number of aryl methyl sites for hydroxylation is 3. The van der Waals surface area contributed by atoms with Gasteiger partial charge in [0, 0.05) is 22.5 Å². The molecule has 0 aliphatic heterocycles.